The molecule has 0 aliphatic carbocycles. The summed E-state index contributed by atoms with van der Waals surface area (Å²) in [5.74, 6) is 0. The summed E-state index contributed by atoms with van der Waals surface area (Å²) in [5, 5.41) is 20.7. The molecule has 5 aromatic carbocycles. The van der Waals surface area contributed by atoms with Crippen LogP contribution in [0, 0.1) is 22.7 Å². The summed E-state index contributed by atoms with van der Waals surface area (Å²) < 4.78 is 0. The molecular formula is C36H27BN4. The van der Waals surface area contributed by atoms with E-state index >= 15 is 0 Å². The Hall–Kier alpha value is -5.26. The zero-order chi connectivity index (χ0) is 28.3. The molecule has 0 aromatic heterocycles. The van der Waals surface area contributed by atoms with E-state index in [1.54, 1.807) is 0 Å². The molecule has 0 spiro atoms. The van der Waals surface area contributed by atoms with E-state index in [0.29, 0.717) is 11.1 Å². The van der Waals surface area contributed by atoms with Gasteiger partial charge in [-0.2, -0.15) is 10.5 Å². The number of nitrogens with zero attached hydrogens (tertiary/aromatic N) is 4. The summed E-state index contributed by atoms with van der Waals surface area (Å²) in [6.45, 7) is 6.55. The first-order valence-electron chi connectivity index (χ1n) is 13.9. The van der Waals surface area contributed by atoms with Crippen molar-refractivity contribution < 1.29 is 0 Å². The van der Waals surface area contributed by atoms with Gasteiger partial charge in [-0.1, -0.05) is 81.4 Å². The van der Waals surface area contributed by atoms with E-state index in [9.17, 15) is 10.5 Å². The van der Waals surface area contributed by atoms with Crippen molar-refractivity contribution in [2.24, 2.45) is 0 Å². The van der Waals surface area contributed by atoms with Gasteiger partial charge in [-0.15, -0.1) is 0 Å². The van der Waals surface area contributed by atoms with Crippen molar-refractivity contribution in [1.29, 1.82) is 10.5 Å². The van der Waals surface area contributed by atoms with E-state index < -0.39 is 0 Å². The third kappa shape index (κ3) is 3.67. The van der Waals surface area contributed by atoms with Crippen molar-refractivity contribution in [3.63, 3.8) is 0 Å². The van der Waals surface area contributed by atoms with Crippen molar-refractivity contribution in [3.05, 3.63) is 126 Å². The molecule has 4 nitrogen and oxygen atoms in total. The minimum atomic E-state index is -0.143. The Kier molecular flexibility index (Phi) is 5.53. The fourth-order valence-corrected chi connectivity index (χ4v) is 6.40. The molecule has 0 bridgehead atoms. The normalized spacial score (nSPS) is 13.0. The lowest BCUT2D eigenvalue weighted by atomic mass is 9.33. The average Bonchev–Trinajstić information content (AvgIpc) is 3.00. The van der Waals surface area contributed by atoms with Gasteiger partial charge in [0.25, 0.3) is 6.71 Å². The van der Waals surface area contributed by atoms with E-state index in [2.05, 4.69) is 91.2 Å². The first kappa shape index (κ1) is 24.8. The van der Waals surface area contributed by atoms with Gasteiger partial charge in [0, 0.05) is 22.7 Å². The van der Waals surface area contributed by atoms with Gasteiger partial charge in [-0.25, -0.2) is 0 Å². The number of benzene rings is 5. The first-order chi connectivity index (χ1) is 19.9. The van der Waals surface area contributed by atoms with E-state index in [1.165, 1.54) is 11.0 Å². The van der Waals surface area contributed by atoms with E-state index in [0.717, 1.165) is 45.0 Å². The second kappa shape index (κ2) is 9.15. The molecule has 0 unspecified atom stereocenters. The maximum atomic E-state index is 10.4. The minimum absolute atomic E-state index is 0.138. The van der Waals surface area contributed by atoms with Gasteiger partial charge < -0.3 is 9.80 Å². The summed E-state index contributed by atoms with van der Waals surface area (Å²) in [6, 6.07) is 42.2. The minimum Gasteiger partial charge on any atom is -0.310 e. The predicted octanol–water partition coefficient (Wildman–Crippen LogP) is 6.81. The Morgan fingerprint density at radius 1 is 0.585 bits per heavy atom. The number of nitriles is 2. The van der Waals surface area contributed by atoms with Crippen LogP contribution in [0.3, 0.4) is 0 Å². The van der Waals surface area contributed by atoms with Crippen LogP contribution in [0.15, 0.2) is 109 Å². The molecule has 0 saturated heterocycles. The van der Waals surface area contributed by atoms with Crippen molar-refractivity contribution in [3.8, 4) is 12.1 Å². The maximum absolute atomic E-state index is 10.4. The summed E-state index contributed by atoms with van der Waals surface area (Å²) in [7, 11) is 0. The third-order valence-electron chi connectivity index (χ3n) is 8.25. The largest absolute Gasteiger partial charge is 0.310 e. The molecule has 2 aliphatic heterocycles. The van der Waals surface area contributed by atoms with Gasteiger partial charge in [-0.05, 0) is 75.9 Å². The Morgan fingerprint density at radius 3 is 1.41 bits per heavy atom. The molecule has 0 atom stereocenters. The second-order valence-electron chi connectivity index (χ2n) is 11.7. The Labute approximate surface area is 241 Å². The molecule has 0 saturated carbocycles. The Balaban J connectivity index is 1.69. The summed E-state index contributed by atoms with van der Waals surface area (Å²) in [4.78, 5) is 4.53. The van der Waals surface area contributed by atoms with Gasteiger partial charge in [-0.3, -0.25) is 0 Å². The van der Waals surface area contributed by atoms with Crippen molar-refractivity contribution in [2.75, 3.05) is 9.80 Å². The highest BCUT2D eigenvalue weighted by Gasteiger charge is 2.45. The van der Waals surface area contributed by atoms with Gasteiger partial charge in [0.2, 0.25) is 0 Å². The lowest BCUT2D eigenvalue weighted by Crippen LogP contribution is -2.61. The zero-order valence-electron chi connectivity index (χ0n) is 23.3. The van der Waals surface area contributed by atoms with E-state index in [-0.39, 0.29) is 12.1 Å². The lowest BCUT2D eigenvalue weighted by Gasteiger charge is -2.45. The Bertz CT molecular complexity index is 1780. The number of para-hydroxylation sites is 4. The smallest absolute Gasteiger partial charge is 0.252 e. The number of hydrogen-bond acceptors (Lipinski definition) is 4. The molecule has 7 rings (SSSR count). The lowest BCUT2D eigenvalue weighted by molar-refractivity contribution is 0.590. The van der Waals surface area contributed by atoms with E-state index in [1.807, 2.05) is 60.7 Å². The highest BCUT2D eigenvalue weighted by Crippen LogP contribution is 2.47. The molecule has 0 N–H and O–H groups in total. The molecule has 5 aromatic rings. The van der Waals surface area contributed by atoms with Gasteiger partial charge in [0.15, 0.2) is 0 Å². The highest BCUT2D eigenvalue weighted by atomic mass is 15.2. The van der Waals surface area contributed by atoms with Crippen LogP contribution in [-0.4, -0.2) is 6.71 Å². The van der Waals surface area contributed by atoms with Crippen molar-refractivity contribution >= 4 is 57.2 Å². The van der Waals surface area contributed by atoms with Gasteiger partial charge in [0.05, 0.1) is 22.5 Å². The molecular weight excluding hydrogens is 499 g/mol. The number of hydrogen-bond donors (Lipinski definition) is 0. The Morgan fingerprint density at radius 2 is 1.02 bits per heavy atom. The summed E-state index contributed by atoms with van der Waals surface area (Å²) >= 11 is 0. The molecule has 2 aliphatic rings. The van der Waals surface area contributed by atoms with Crippen LogP contribution >= 0.6 is 0 Å². The van der Waals surface area contributed by atoms with Crippen LogP contribution in [0.5, 0.6) is 0 Å². The first-order valence-corrected chi connectivity index (χ1v) is 13.9. The number of anilines is 6. The third-order valence-corrected chi connectivity index (χ3v) is 8.25. The quantitative estimate of drug-likeness (QED) is 0.232. The SMILES string of the molecule is CC(C)(C)c1cc2c3c(c1)N(c1ccccc1)c1c(C#N)cccc1B3c1cccc(C#N)c1N2c1ccccc1. The van der Waals surface area contributed by atoms with Crippen molar-refractivity contribution in [1.82, 2.24) is 0 Å². The second-order valence-corrected chi connectivity index (χ2v) is 11.7. The fraction of sp³-hybridized carbons (Fsp3) is 0.111. The molecule has 194 valence electrons. The molecule has 0 radical (unpaired) electrons. The van der Waals surface area contributed by atoms with Crippen LogP contribution in [0.25, 0.3) is 0 Å². The molecule has 0 fully saturated rings. The van der Waals surface area contributed by atoms with Gasteiger partial charge >= 0.3 is 0 Å². The fourth-order valence-electron chi connectivity index (χ4n) is 6.40. The monoisotopic (exact) mass is 526 g/mol. The van der Waals surface area contributed by atoms with E-state index in [4.69, 9.17) is 0 Å². The molecule has 2 heterocycles. The van der Waals surface area contributed by atoms with Crippen LogP contribution in [0.1, 0.15) is 37.5 Å². The maximum Gasteiger partial charge on any atom is 0.252 e. The molecule has 41 heavy (non-hydrogen) atoms. The summed E-state index contributed by atoms with van der Waals surface area (Å²) in [6.07, 6.45) is 0. The van der Waals surface area contributed by atoms with Crippen molar-refractivity contribution in [2.45, 2.75) is 26.2 Å². The van der Waals surface area contributed by atoms with Crippen LogP contribution in [0.4, 0.5) is 34.1 Å². The van der Waals surface area contributed by atoms with Crippen LogP contribution < -0.4 is 26.2 Å². The van der Waals surface area contributed by atoms with Crippen LogP contribution in [-0.2, 0) is 5.41 Å². The molecule has 5 heteroatoms. The van der Waals surface area contributed by atoms with Crippen LogP contribution in [0.2, 0.25) is 0 Å². The highest BCUT2D eigenvalue weighted by molar-refractivity contribution is 7.00. The average molecular weight is 526 g/mol. The topological polar surface area (TPSA) is 54.1 Å². The number of fused-ring (bicyclic) bond motifs is 4. The number of rotatable bonds is 2. The van der Waals surface area contributed by atoms with Gasteiger partial charge in [0.1, 0.15) is 12.1 Å². The molecule has 0 amide bonds. The zero-order valence-corrected chi connectivity index (χ0v) is 23.3. The summed E-state index contributed by atoms with van der Waals surface area (Å²) in [5.41, 5.74) is 11.5. The predicted molar refractivity (Wildman–Crippen MR) is 169 cm³/mol. The standard InChI is InChI=1S/C36H27BN4/c1-36(2,3)26-20-31-33-32(21-26)41(28-16-8-5-9-17-28)35-25(23-39)13-11-19-30(35)37(33)29-18-10-12-24(22-38)34(29)40(31)27-14-6-4-7-15-27/h4-21H,1-3H3.